The van der Waals surface area contributed by atoms with Gasteiger partial charge in [0.05, 0.1) is 28.3 Å². The highest BCUT2D eigenvalue weighted by molar-refractivity contribution is 8.00. The van der Waals surface area contributed by atoms with Gasteiger partial charge in [-0.3, -0.25) is 0 Å². The number of aromatic nitrogens is 1. The van der Waals surface area contributed by atoms with Crippen LogP contribution in [0.2, 0.25) is 5.02 Å². The van der Waals surface area contributed by atoms with Gasteiger partial charge in [-0.1, -0.05) is 11.6 Å². The van der Waals surface area contributed by atoms with Crippen LogP contribution in [0.15, 0.2) is 28.6 Å². The summed E-state index contributed by atoms with van der Waals surface area (Å²) in [6.07, 6.45) is 1.75. The zero-order valence-corrected chi connectivity index (χ0v) is 14.5. The van der Waals surface area contributed by atoms with Gasteiger partial charge in [-0.05, 0) is 24.1 Å². The minimum Gasteiger partial charge on any atom is -0.381 e. The van der Waals surface area contributed by atoms with Gasteiger partial charge in [-0.25, -0.2) is 9.37 Å². The second kappa shape index (κ2) is 8.16. The second-order valence-corrected chi connectivity index (χ2v) is 7.03. The maximum Gasteiger partial charge on any atom is 0.192 e. The van der Waals surface area contributed by atoms with Crippen LogP contribution >= 0.6 is 34.9 Å². The van der Waals surface area contributed by atoms with E-state index in [1.807, 2.05) is 5.38 Å². The standard InChI is InChI=1S/C14H16ClFN4OS2/c15-10-5-13(23-20-14-18-2-4-22-14)11(16)6-12(10)19-8-9-7-17-1-3-21-9/h2,4-6,9,17,19H,1,3,7-8H2,(H,18,20). The summed E-state index contributed by atoms with van der Waals surface area (Å²) in [7, 11) is 0. The van der Waals surface area contributed by atoms with E-state index in [1.165, 1.54) is 17.4 Å². The fourth-order valence-corrected chi connectivity index (χ4v) is 3.66. The SMILES string of the molecule is Fc1cc(NCC2CNCCO2)c(Cl)cc1SNc1nccs1. The molecule has 1 saturated heterocycles. The average molecular weight is 375 g/mol. The van der Waals surface area contributed by atoms with Crippen LogP contribution in [0.25, 0.3) is 0 Å². The summed E-state index contributed by atoms with van der Waals surface area (Å²) in [6.45, 7) is 2.91. The Hall–Kier alpha value is -1.06. The van der Waals surface area contributed by atoms with Crippen LogP contribution in [-0.2, 0) is 4.74 Å². The number of nitrogens with one attached hydrogen (secondary N) is 3. The van der Waals surface area contributed by atoms with Crippen molar-refractivity contribution in [3.8, 4) is 0 Å². The zero-order valence-electron chi connectivity index (χ0n) is 12.1. The van der Waals surface area contributed by atoms with E-state index in [-0.39, 0.29) is 11.9 Å². The fraction of sp³-hybridized carbons (Fsp3) is 0.357. The molecule has 1 aromatic heterocycles. The van der Waals surface area contributed by atoms with E-state index in [4.69, 9.17) is 16.3 Å². The molecule has 23 heavy (non-hydrogen) atoms. The maximum atomic E-state index is 14.2. The van der Waals surface area contributed by atoms with Gasteiger partial charge in [0.25, 0.3) is 0 Å². The quantitative estimate of drug-likeness (QED) is 0.673. The van der Waals surface area contributed by atoms with Crippen molar-refractivity contribution in [2.75, 3.05) is 36.3 Å². The van der Waals surface area contributed by atoms with Crippen molar-refractivity contribution >= 4 is 45.7 Å². The van der Waals surface area contributed by atoms with Crippen molar-refractivity contribution in [2.24, 2.45) is 0 Å². The molecule has 124 valence electrons. The predicted molar refractivity (Wildman–Crippen MR) is 94.1 cm³/mol. The van der Waals surface area contributed by atoms with Crippen molar-refractivity contribution in [3.63, 3.8) is 0 Å². The van der Waals surface area contributed by atoms with E-state index in [9.17, 15) is 4.39 Å². The van der Waals surface area contributed by atoms with E-state index in [1.54, 1.807) is 12.3 Å². The lowest BCUT2D eigenvalue weighted by atomic mass is 10.2. The first kappa shape index (κ1) is 16.8. The van der Waals surface area contributed by atoms with Gasteiger partial charge < -0.3 is 20.1 Å². The molecule has 0 bridgehead atoms. The molecule has 5 nitrogen and oxygen atoms in total. The van der Waals surface area contributed by atoms with E-state index < -0.39 is 0 Å². The second-order valence-electron chi connectivity index (χ2n) is 4.88. The molecule has 3 N–H and O–H groups in total. The number of morpholine rings is 1. The number of nitrogens with zero attached hydrogens (tertiary/aromatic N) is 1. The molecule has 1 aliphatic rings. The van der Waals surface area contributed by atoms with Crippen molar-refractivity contribution in [1.82, 2.24) is 10.3 Å². The number of hydrogen-bond donors (Lipinski definition) is 3. The number of rotatable bonds is 6. The van der Waals surface area contributed by atoms with Gasteiger partial charge in [0.1, 0.15) is 5.82 Å². The van der Waals surface area contributed by atoms with Crippen molar-refractivity contribution < 1.29 is 9.13 Å². The smallest absolute Gasteiger partial charge is 0.192 e. The first-order valence-corrected chi connectivity index (χ1v) is 9.17. The Labute approximate surface area is 147 Å². The van der Waals surface area contributed by atoms with Crippen LogP contribution in [-0.4, -0.2) is 37.3 Å². The number of hydrogen-bond acceptors (Lipinski definition) is 7. The Bertz CT molecular complexity index is 638. The predicted octanol–water partition coefficient (Wildman–Crippen LogP) is 3.46. The molecule has 0 aliphatic carbocycles. The molecule has 9 heteroatoms. The van der Waals surface area contributed by atoms with Crippen LogP contribution in [0.4, 0.5) is 15.2 Å². The van der Waals surface area contributed by atoms with Gasteiger partial charge in [-0.2, -0.15) is 0 Å². The largest absolute Gasteiger partial charge is 0.381 e. The van der Waals surface area contributed by atoms with Crippen molar-refractivity contribution in [3.05, 3.63) is 34.5 Å². The molecule has 1 aliphatic heterocycles. The molecule has 1 aromatic carbocycles. The Morgan fingerprint density at radius 1 is 1.52 bits per heavy atom. The van der Waals surface area contributed by atoms with Crippen LogP contribution in [0.1, 0.15) is 0 Å². The Morgan fingerprint density at radius 3 is 3.17 bits per heavy atom. The number of thiazole rings is 1. The van der Waals surface area contributed by atoms with Crippen molar-refractivity contribution in [2.45, 2.75) is 11.0 Å². The summed E-state index contributed by atoms with van der Waals surface area (Å²) < 4.78 is 22.8. The summed E-state index contributed by atoms with van der Waals surface area (Å²) in [5, 5.41) is 9.43. The number of ether oxygens (including phenoxy) is 1. The first-order chi connectivity index (χ1) is 11.2. The molecular formula is C14H16ClFN4OS2. The topological polar surface area (TPSA) is 58.2 Å². The fourth-order valence-electron chi connectivity index (χ4n) is 2.09. The molecule has 0 amide bonds. The minimum absolute atomic E-state index is 0.0588. The lowest BCUT2D eigenvalue weighted by molar-refractivity contribution is 0.0372. The summed E-state index contributed by atoms with van der Waals surface area (Å²) in [4.78, 5) is 4.50. The summed E-state index contributed by atoms with van der Waals surface area (Å²) in [5.74, 6) is -0.339. The van der Waals surface area contributed by atoms with Gasteiger partial charge in [0.2, 0.25) is 0 Å². The van der Waals surface area contributed by atoms with Gasteiger partial charge >= 0.3 is 0 Å². The highest BCUT2D eigenvalue weighted by Crippen LogP contribution is 2.32. The Morgan fingerprint density at radius 2 is 2.43 bits per heavy atom. The van der Waals surface area contributed by atoms with Gasteiger partial charge in [0, 0.05) is 31.2 Å². The molecule has 1 unspecified atom stereocenters. The molecule has 2 aromatic rings. The highest BCUT2D eigenvalue weighted by Gasteiger charge is 2.15. The van der Waals surface area contributed by atoms with Gasteiger partial charge in [-0.15, -0.1) is 11.3 Å². The molecule has 2 heterocycles. The molecule has 1 fully saturated rings. The first-order valence-electron chi connectivity index (χ1n) is 7.10. The minimum atomic E-state index is -0.339. The zero-order chi connectivity index (χ0) is 16.1. The lowest BCUT2D eigenvalue weighted by Crippen LogP contribution is -2.42. The lowest BCUT2D eigenvalue weighted by Gasteiger charge is -2.24. The molecule has 0 radical (unpaired) electrons. The third-order valence-electron chi connectivity index (χ3n) is 3.23. The van der Waals surface area contributed by atoms with Crippen LogP contribution in [0.5, 0.6) is 0 Å². The number of benzene rings is 1. The Kier molecular flexibility index (Phi) is 5.96. The van der Waals surface area contributed by atoms with Crippen LogP contribution in [0, 0.1) is 5.82 Å². The molecule has 0 saturated carbocycles. The monoisotopic (exact) mass is 374 g/mol. The number of anilines is 2. The van der Waals surface area contributed by atoms with Crippen LogP contribution in [0.3, 0.4) is 0 Å². The third kappa shape index (κ3) is 4.71. The summed E-state index contributed by atoms with van der Waals surface area (Å²) >= 11 is 8.84. The van der Waals surface area contributed by atoms with E-state index in [2.05, 4.69) is 20.3 Å². The molecule has 3 rings (SSSR count). The maximum absolute atomic E-state index is 14.2. The highest BCUT2D eigenvalue weighted by atomic mass is 35.5. The normalized spacial score (nSPS) is 17.9. The number of halogens is 2. The molecule has 1 atom stereocenters. The van der Waals surface area contributed by atoms with E-state index in [0.717, 1.165) is 30.2 Å². The van der Waals surface area contributed by atoms with Crippen LogP contribution < -0.4 is 15.4 Å². The summed E-state index contributed by atoms with van der Waals surface area (Å²) in [6, 6.07) is 3.01. The van der Waals surface area contributed by atoms with Crippen molar-refractivity contribution in [1.29, 1.82) is 0 Å². The summed E-state index contributed by atoms with van der Waals surface area (Å²) in [5.41, 5.74) is 0.567. The Balaban J connectivity index is 1.60. The molecular weight excluding hydrogens is 359 g/mol. The molecule has 0 spiro atoms. The third-order valence-corrected chi connectivity index (χ3v) is 5.19. The van der Waals surface area contributed by atoms with E-state index in [0.29, 0.717) is 28.8 Å². The van der Waals surface area contributed by atoms with Gasteiger partial charge in [0.15, 0.2) is 5.13 Å². The van der Waals surface area contributed by atoms with E-state index >= 15 is 0 Å². The average Bonchev–Trinajstić information content (AvgIpc) is 3.08.